The number of amides is 2. The van der Waals surface area contributed by atoms with Gasteiger partial charge >= 0.3 is 0 Å². The Morgan fingerprint density at radius 2 is 1.43 bits per heavy atom. The van der Waals surface area contributed by atoms with Crippen LogP contribution in [0.2, 0.25) is 15.1 Å². The molecule has 0 unspecified atom stereocenters. The second-order valence-electron chi connectivity index (χ2n) is 7.03. The first-order valence-electron chi connectivity index (χ1n) is 8.94. The highest BCUT2D eigenvalue weighted by atomic mass is 35.5. The van der Waals surface area contributed by atoms with E-state index < -0.39 is 0 Å². The number of fused-ring (bicyclic) bond motifs is 1. The van der Waals surface area contributed by atoms with Crippen LogP contribution in [0.5, 0.6) is 0 Å². The first-order chi connectivity index (χ1) is 13.3. The molecule has 2 heterocycles. The van der Waals surface area contributed by atoms with Crippen LogP contribution < -0.4 is 4.90 Å². The number of benzene rings is 2. The minimum Gasteiger partial charge on any atom is -0.369 e. The summed E-state index contributed by atoms with van der Waals surface area (Å²) in [6.07, 6.45) is 0. The fourth-order valence-electron chi connectivity index (χ4n) is 3.67. The number of aryl methyl sites for hydroxylation is 1. The normalized spacial score (nSPS) is 17.4. The third-order valence-electron chi connectivity index (χ3n) is 5.24. The molecule has 2 aromatic rings. The summed E-state index contributed by atoms with van der Waals surface area (Å²) < 4.78 is 0. The number of halogens is 3. The number of hydrogen-bond acceptors (Lipinski definition) is 4. The highest BCUT2D eigenvalue weighted by Crippen LogP contribution is 2.32. The van der Waals surface area contributed by atoms with E-state index in [0.717, 1.165) is 31.9 Å². The molecular formula is C20H18Cl3N3O2. The van der Waals surface area contributed by atoms with Crippen LogP contribution in [0.3, 0.4) is 0 Å². The molecule has 2 amide bonds. The van der Waals surface area contributed by atoms with Gasteiger partial charge in [-0.3, -0.25) is 19.4 Å². The maximum absolute atomic E-state index is 12.7. The van der Waals surface area contributed by atoms with Gasteiger partial charge in [-0.05, 0) is 36.8 Å². The topological polar surface area (TPSA) is 43.9 Å². The molecule has 2 aliphatic heterocycles. The van der Waals surface area contributed by atoms with E-state index in [1.807, 2.05) is 18.2 Å². The third-order valence-corrected chi connectivity index (χ3v) is 6.19. The maximum Gasteiger partial charge on any atom is 0.262 e. The van der Waals surface area contributed by atoms with Crippen molar-refractivity contribution in [3.8, 4) is 0 Å². The molecule has 0 spiro atoms. The number of piperazine rings is 1. The predicted octanol–water partition coefficient (Wildman–Crippen LogP) is 4.33. The number of anilines is 1. The molecule has 5 nitrogen and oxygen atoms in total. The van der Waals surface area contributed by atoms with Gasteiger partial charge in [0.15, 0.2) is 0 Å². The van der Waals surface area contributed by atoms with Gasteiger partial charge in [-0.2, -0.15) is 0 Å². The molecule has 2 aliphatic rings. The first kappa shape index (κ1) is 19.5. The molecule has 0 radical (unpaired) electrons. The quantitative estimate of drug-likeness (QED) is 0.669. The molecular weight excluding hydrogens is 421 g/mol. The van der Waals surface area contributed by atoms with Crippen LogP contribution in [-0.2, 0) is 0 Å². The highest BCUT2D eigenvalue weighted by molar-refractivity contribution is 6.43. The predicted molar refractivity (Wildman–Crippen MR) is 112 cm³/mol. The Balaban J connectivity index is 1.44. The molecule has 4 rings (SSSR count). The van der Waals surface area contributed by atoms with Crippen molar-refractivity contribution in [2.75, 3.05) is 37.7 Å². The van der Waals surface area contributed by atoms with Crippen LogP contribution in [0, 0.1) is 6.92 Å². The summed E-state index contributed by atoms with van der Waals surface area (Å²) >= 11 is 18.1. The van der Waals surface area contributed by atoms with E-state index in [-0.39, 0.29) is 28.5 Å². The zero-order valence-electron chi connectivity index (χ0n) is 15.2. The molecule has 0 aliphatic carbocycles. The number of rotatable bonds is 3. The molecule has 0 saturated carbocycles. The third kappa shape index (κ3) is 3.48. The summed E-state index contributed by atoms with van der Waals surface area (Å²) in [5.74, 6) is -0.654. The van der Waals surface area contributed by atoms with Gasteiger partial charge in [0.25, 0.3) is 11.8 Å². The largest absolute Gasteiger partial charge is 0.369 e. The molecule has 2 aromatic carbocycles. The van der Waals surface area contributed by atoms with E-state index >= 15 is 0 Å². The molecule has 1 saturated heterocycles. The monoisotopic (exact) mass is 437 g/mol. The van der Waals surface area contributed by atoms with Crippen molar-refractivity contribution in [1.82, 2.24) is 9.80 Å². The molecule has 0 aromatic heterocycles. The SMILES string of the molecule is Cc1ccc(Cl)cc1N1CCN(CN2C(=O)c3cc(Cl)c(Cl)cc3C2=O)CC1. The lowest BCUT2D eigenvalue weighted by Gasteiger charge is -2.38. The Bertz CT molecular complexity index is 930. The molecule has 8 heteroatoms. The average molecular weight is 439 g/mol. The van der Waals surface area contributed by atoms with Crippen molar-refractivity contribution >= 4 is 52.3 Å². The van der Waals surface area contributed by atoms with Crippen LogP contribution in [0.25, 0.3) is 0 Å². The highest BCUT2D eigenvalue weighted by Gasteiger charge is 2.37. The van der Waals surface area contributed by atoms with Crippen LogP contribution in [0.15, 0.2) is 30.3 Å². The van der Waals surface area contributed by atoms with Gasteiger partial charge < -0.3 is 4.90 Å². The number of carbonyl (C=O) groups excluding carboxylic acids is 2. The zero-order valence-corrected chi connectivity index (χ0v) is 17.5. The van der Waals surface area contributed by atoms with Crippen LogP contribution in [-0.4, -0.2) is 54.5 Å². The Morgan fingerprint density at radius 1 is 0.857 bits per heavy atom. The van der Waals surface area contributed by atoms with Gasteiger partial charge in [0.1, 0.15) is 0 Å². The van der Waals surface area contributed by atoms with Crippen molar-refractivity contribution in [3.63, 3.8) is 0 Å². The molecule has 1 fully saturated rings. The summed E-state index contributed by atoms with van der Waals surface area (Å²) in [5, 5.41) is 1.26. The second-order valence-corrected chi connectivity index (χ2v) is 8.28. The molecule has 0 N–H and O–H groups in total. The van der Waals surface area contributed by atoms with Gasteiger partial charge in [-0.15, -0.1) is 0 Å². The average Bonchev–Trinajstić information content (AvgIpc) is 2.89. The van der Waals surface area contributed by atoms with E-state index in [1.165, 1.54) is 22.6 Å². The van der Waals surface area contributed by atoms with Crippen molar-refractivity contribution in [3.05, 3.63) is 62.1 Å². The number of hydrogen-bond donors (Lipinski definition) is 0. The van der Waals surface area contributed by atoms with Gasteiger partial charge in [0, 0.05) is 36.9 Å². The van der Waals surface area contributed by atoms with Crippen LogP contribution >= 0.6 is 34.8 Å². The fourth-order valence-corrected chi connectivity index (χ4v) is 4.16. The van der Waals surface area contributed by atoms with Crippen LogP contribution in [0.1, 0.15) is 26.3 Å². The minimum absolute atomic E-state index is 0.254. The lowest BCUT2D eigenvalue weighted by atomic mass is 10.1. The van der Waals surface area contributed by atoms with Crippen molar-refractivity contribution in [2.45, 2.75) is 6.92 Å². The lowest BCUT2D eigenvalue weighted by Crippen LogP contribution is -2.51. The maximum atomic E-state index is 12.7. The van der Waals surface area contributed by atoms with E-state index in [4.69, 9.17) is 34.8 Å². The van der Waals surface area contributed by atoms with Gasteiger partial charge in [0.2, 0.25) is 0 Å². The lowest BCUT2D eigenvalue weighted by molar-refractivity contribution is 0.0535. The molecule has 0 atom stereocenters. The number of imide groups is 1. The Hall–Kier alpha value is -1.79. The van der Waals surface area contributed by atoms with E-state index in [1.54, 1.807) is 0 Å². The standard InChI is InChI=1S/C20H18Cl3N3O2/c1-12-2-3-13(21)8-18(12)25-6-4-24(5-7-25)11-26-19(27)14-9-16(22)17(23)10-15(14)20(26)28/h2-3,8-10H,4-7,11H2,1H3. The second kappa shape index (κ2) is 7.56. The summed E-state index contributed by atoms with van der Waals surface area (Å²) in [5.41, 5.74) is 2.92. The summed E-state index contributed by atoms with van der Waals surface area (Å²) in [4.78, 5) is 31.0. The van der Waals surface area contributed by atoms with Crippen molar-refractivity contribution < 1.29 is 9.59 Å². The van der Waals surface area contributed by atoms with E-state index in [9.17, 15) is 9.59 Å². The minimum atomic E-state index is -0.327. The van der Waals surface area contributed by atoms with E-state index in [2.05, 4.69) is 16.7 Å². The van der Waals surface area contributed by atoms with Gasteiger partial charge in [-0.25, -0.2) is 0 Å². The zero-order chi connectivity index (χ0) is 20.0. The van der Waals surface area contributed by atoms with Gasteiger partial charge in [0.05, 0.1) is 27.8 Å². The van der Waals surface area contributed by atoms with Gasteiger partial charge in [-0.1, -0.05) is 40.9 Å². The Kier molecular flexibility index (Phi) is 5.27. The van der Waals surface area contributed by atoms with E-state index in [0.29, 0.717) is 16.1 Å². The van der Waals surface area contributed by atoms with Crippen molar-refractivity contribution in [1.29, 1.82) is 0 Å². The number of carbonyl (C=O) groups is 2. The summed E-state index contributed by atoms with van der Waals surface area (Å²) in [7, 11) is 0. The Labute approximate surface area is 178 Å². The molecule has 0 bridgehead atoms. The Morgan fingerprint density at radius 3 is 2.00 bits per heavy atom. The smallest absolute Gasteiger partial charge is 0.262 e. The molecule has 146 valence electrons. The van der Waals surface area contributed by atoms with Crippen LogP contribution in [0.4, 0.5) is 5.69 Å². The summed E-state index contributed by atoms with van der Waals surface area (Å²) in [6, 6.07) is 8.82. The summed E-state index contributed by atoms with van der Waals surface area (Å²) in [6.45, 7) is 5.38. The number of nitrogens with zero attached hydrogens (tertiary/aromatic N) is 3. The first-order valence-corrected chi connectivity index (χ1v) is 10.1. The fraction of sp³-hybridized carbons (Fsp3) is 0.300. The molecule has 28 heavy (non-hydrogen) atoms. The van der Waals surface area contributed by atoms with Crippen molar-refractivity contribution in [2.24, 2.45) is 0 Å².